The molecule has 0 saturated heterocycles. The van der Waals surface area contributed by atoms with Crippen LogP contribution in [0.4, 0.5) is 5.69 Å². The Morgan fingerprint density at radius 2 is 1.95 bits per heavy atom. The lowest BCUT2D eigenvalue weighted by Crippen LogP contribution is -2.50. The lowest BCUT2D eigenvalue weighted by atomic mass is 9.95. The van der Waals surface area contributed by atoms with E-state index in [-0.39, 0.29) is 11.4 Å². The average Bonchev–Trinajstić information content (AvgIpc) is 2.95. The quantitative estimate of drug-likeness (QED) is 0.876. The molecule has 1 saturated carbocycles. The van der Waals surface area contributed by atoms with Gasteiger partial charge in [0.1, 0.15) is 0 Å². The summed E-state index contributed by atoms with van der Waals surface area (Å²) >= 11 is 0. The molecule has 0 bridgehead atoms. The molecule has 2 rings (SSSR count). The summed E-state index contributed by atoms with van der Waals surface area (Å²) in [5, 5.41) is 6.24. The smallest absolute Gasteiger partial charge is 0.253 e. The van der Waals surface area contributed by atoms with Crippen molar-refractivity contribution < 1.29 is 4.79 Å². The maximum absolute atomic E-state index is 12.5. The van der Waals surface area contributed by atoms with Gasteiger partial charge in [0, 0.05) is 24.8 Å². The molecule has 0 radical (unpaired) electrons. The van der Waals surface area contributed by atoms with Crippen LogP contribution in [0.2, 0.25) is 0 Å². The van der Waals surface area contributed by atoms with Gasteiger partial charge >= 0.3 is 0 Å². The summed E-state index contributed by atoms with van der Waals surface area (Å²) < 4.78 is 0. The molecule has 0 atom stereocenters. The first-order chi connectivity index (χ1) is 9.98. The first kappa shape index (κ1) is 15.8. The third-order valence-corrected chi connectivity index (χ3v) is 4.75. The highest BCUT2D eigenvalue weighted by Crippen LogP contribution is 2.33. The summed E-state index contributed by atoms with van der Waals surface area (Å²) in [6.45, 7) is 2.73. The molecule has 4 heteroatoms. The van der Waals surface area contributed by atoms with E-state index in [4.69, 9.17) is 0 Å². The van der Waals surface area contributed by atoms with Crippen LogP contribution in [0.25, 0.3) is 0 Å². The van der Waals surface area contributed by atoms with Gasteiger partial charge in [-0.2, -0.15) is 0 Å². The van der Waals surface area contributed by atoms with Crippen molar-refractivity contribution in [3.63, 3.8) is 0 Å². The van der Waals surface area contributed by atoms with Crippen LogP contribution in [-0.4, -0.2) is 44.0 Å². The second kappa shape index (κ2) is 6.48. The summed E-state index contributed by atoms with van der Waals surface area (Å²) in [6, 6.07) is 5.92. The van der Waals surface area contributed by atoms with Crippen LogP contribution in [0.5, 0.6) is 0 Å². The molecule has 4 nitrogen and oxygen atoms in total. The fourth-order valence-electron chi connectivity index (χ4n) is 3.22. The first-order valence-electron chi connectivity index (χ1n) is 7.72. The van der Waals surface area contributed by atoms with Gasteiger partial charge in [-0.3, -0.25) is 4.79 Å². The van der Waals surface area contributed by atoms with Crippen LogP contribution >= 0.6 is 0 Å². The minimum Gasteiger partial charge on any atom is -0.387 e. The van der Waals surface area contributed by atoms with Crippen molar-refractivity contribution in [3.05, 3.63) is 29.3 Å². The second-order valence-corrected chi connectivity index (χ2v) is 6.31. The Labute approximate surface area is 127 Å². The van der Waals surface area contributed by atoms with E-state index >= 15 is 0 Å². The molecule has 1 aromatic carbocycles. The average molecular weight is 289 g/mol. The van der Waals surface area contributed by atoms with E-state index in [9.17, 15) is 4.79 Å². The Morgan fingerprint density at radius 3 is 2.52 bits per heavy atom. The maximum Gasteiger partial charge on any atom is 0.253 e. The van der Waals surface area contributed by atoms with Gasteiger partial charge in [0.05, 0.1) is 5.56 Å². The molecule has 1 aromatic rings. The van der Waals surface area contributed by atoms with Gasteiger partial charge in [-0.05, 0) is 46.0 Å². The Balaban J connectivity index is 2.10. The predicted molar refractivity (Wildman–Crippen MR) is 87.9 cm³/mol. The van der Waals surface area contributed by atoms with E-state index in [2.05, 4.69) is 29.6 Å². The first-order valence-corrected chi connectivity index (χ1v) is 7.72. The van der Waals surface area contributed by atoms with Crippen molar-refractivity contribution in [1.82, 2.24) is 10.2 Å². The zero-order valence-electron chi connectivity index (χ0n) is 13.6. The monoisotopic (exact) mass is 289 g/mol. The van der Waals surface area contributed by atoms with Crippen molar-refractivity contribution in [3.8, 4) is 0 Å². The highest BCUT2D eigenvalue weighted by molar-refractivity contribution is 5.99. The number of rotatable bonds is 5. The standard InChI is InChI=1S/C17H27N3O/c1-13-7-8-15(18-2)14(11-13)16(21)19-12-17(20(3)4)9-5-6-10-17/h7-8,11,18H,5-6,9-10,12H2,1-4H3,(H,19,21). The number of carbonyl (C=O) groups is 1. The topological polar surface area (TPSA) is 44.4 Å². The minimum absolute atomic E-state index is 0.0103. The van der Waals surface area contributed by atoms with Crippen molar-refractivity contribution in [1.29, 1.82) is 0 Å². The zero-order valence-corrected chi connectivity index (χ0v) is 13.6. The summed E-state index contributed by atoms with van der Waals surface area (Å²) in [4.78, 5) is 14.8. The fourth-order valence-corrected chi connectivity index (χ4v) is 3.22. The van der Waals surface area contributed by atoms with Crippen LogP contribution in [0.3, 0.4) is 0 Å². The van der Waals surface area contributed by atoms with Gasteiger partial charge in [-0.1, -0.05) is 24.5 Å². The highest BCUT2D eigenvalue weighted by Gasteiger charge is 2.36. The SMILES string of the molecule is CNc1ccc(C)cc1C(=O)NCC1(N(C)C)CCCC1. The van der Waals surface area contributed by atoms with Crippen molar-refractivity contribution in [2.45, 2.75) is 38.1 Å². The van der Waals surface area contributed by atoms with E-state index in [1.165, 1.54) is 12.8 Å². The lowest BCUT2D eigenvalue weighted by Gasteiger charge is -2.36. The van der Waals surface area contributed by atoms with Gasteiger partial charge in [-0.25, -0.2) is 0 Å². The number of hydrogen-bond donors (Lipinski definition) is 2. The molecule has 0 spiro atoms. The molecule has 0 aliphatic heterocycles. The van der Waals surface area contributed by atoms with Crippen molar-refractivity contribution >= 4 is 11.6 Å². The van der Waals surface area contributed by atoms with E-state index in [1.807, 2.05) is 32.2 Å². The Morgan fingerprint density at radius 1 is 1.29 bits per heavy atom. The van der Waals surface area contributed by atoms with Gasteiger partial charge < -0.3 is 15.5 Å². The highest BCUT2D eigenvalue weighted by atomic mass is 16.1. The molecule has 1 amide bonds. The van der Waals surface area contributed by atoms with Gasteiger partial charge in [0.2, 0.25) is 0 Å². The van der Waals surface area contributed by atoms with E-state index in [0.29, 0.717) is 0 Å². The number of anilines is 1. The van der Waals surface area contributed by atoms with Crippen molar-refractivity contribution in [2.75, 3.05) is 33.0 Å². The summed E-state index contributed by atoms with van der Waals surface area (Å²) in [5.41, 5.74) is 2.83. The van der Waals surface area contributed by atoms with Gasteiger partial charge in [-0.15, -0.1) is 0 Å². The van der Waals surface area contributed by atoms with Gasteiger partial charge in [0.25, 0.3) is 5.91 Å². The zero-order chi connectivity index (χ0) is 15.5. The summed E-state index contributed by atoms with van der Waals surface area (Å²) in [5.74, 6) is 0.0103. The van der Waals surface area contributed by atoms with Crippen LogP contribution in [0.1, 0.15) is 41.6 Å². The Bertz CT molecular complexity index is 505. The molecule has 0 aromatic heterocycles. The molecule has 116 valence electrons. The predicted octanol–water partition coefficient (Wildman–Crippen LogP) is 2.64. The van der Waals surface area contributed by atoms with E-state index in [0.717, 1.165) is 36.2 Å². The van der Waals surface area contributed by atoms with Crippen molar-refractivity contribution in [2.24, 2.45) is 0 Å². The van der Waals surface area contributed by atoms with Crippen LogP contribution in [0.15, 0.2) is 18.2 Å². The number of nitrogens with one attached hydrogen (secondary N) is 2. The number of nitrogens with zero attached hydrogens (tertiary/aromatic N) is 1. The Hall–Kier alpha value is -1.55. The fraction of sp³-hybridized carbons (Fsp3) is 0.588. The number of benzene rings is 1. The number of carbonyl (C=O) groups excluding carboxylic acids is 1. The Kier molecular flexibility index (Phi) is 4.88. The molecule has 1 aliphatic rings. The molecule has 0 unspecified atom stereocenters. The maximum atomic E-state index is 12.5. The van der Waals surface area contributed by atoms with Crippen LogP contribution < -0.4 is 10.6 Å². The molecular formula is C17H27N3O. The molecule has 0 heterocycles. The number of hydrogen-bond acceptors (Lipinski definition) is 3. The largest absolute Gasteiger partial charge is 0.387 e. The van der Waals surface area contributed by atoms with Crippen LogP contribution in [-0.2, 0) is 0 Å². The normalized spacial score (nSPS) is 17.0. The third kappa shape index (κ3) is 3.38. The number of amides is 1. The van der Waals surface area contributed by atoms with Gasteiger partial charge in [0.15, 0.2) is 0 Å². The molecule has 2 N–H and O–H groups in total. The third-order valence-electron chi connectivity index (χ3n) is 4.75. The van der Waals surface area contributed by atoms with E-state index in [1.54, 1.807) is 0 Å². The molecule has 21 heavy (non-hydrogen) atoms. The number of aryl methyl sites for hydroxylation is 1. The second-order valence-electron chi connectivity index (χ2n) is 6.31. The molecule has 1 fully saturated rings. The van der Waals surface area contributed by atoms with E-state index < -0.39 is 0 Å². The van der Waals surface area contributed by atoms with Crippen LogP contribution in [0, 0.1) is 6.92 Å². The summed E-state index contributed by atoms with van der Waals surface area (Å²) in [6.07, 6.45) is 4.82. The lowest BCUT2D eigenvalue weighted by molar-refractivity contribution is 0.0900. The molecule has 1 aliphatic carbocycles. The summed E-state index contributed by atoms with van der Waals surface area (Å²) in [7, 11) is 6.08. The minimum atomic E-state index is 0.0103. The molecular weight excluding hydrogens is 262 g/mol. The number of likely N-dealkylation sites (N-methyl/N-ethyl adjacent to an activating group) is 1.